The van der Waals surface area contributed by atoms with Crippen LogP contribution in [0.4, 0.5) is 4.79 Å². The summed E-state index contributed by atoms with van der Waals surface area (Å²) in [5, 5.41) is 11.8. The summed E-state index contributed by atoms with van der Waals surface area (Å²) < 4.78 is 4.51. The maximum atomic E-state index is 11.4. The molecule has 0 radical (unpaired) electrons. The number of alkyl carbamates (subject to hydrolysis) is 1. The van der Waals surface area contributed by atoms with Crippen LogP contribution >= 0.6 is 11.3 Å². The van der Waals surface area contributed by atoms with E-state index in [0.717, 1.165) is 6.42 Å². The Kier molecular flexibility index (Phi) is 5.51. The first-order chi connectivity index (χ1) is 8.50. The lowest BCUT2D eigenvalue weighted by Crippen LogP contribution is -2.31. The largest absolute Gasteiger partial charge is 0.415 e. The van der Waals surface area contributed by atoms with E-state index in [1.165, 1.54) is 11.3 Å². The van der Waals surface area contributed by atoms with Gasteiger partial charge in [-0.15, -0.1) is 11.3 Å². The zero-order valence-electron chi connectivity index (χ0n) is 10.4. The van der Waals surface area contributed by atoms with E-state index in [2.05, 4.69) is 10.1 Å². The van der Waals surface area contributed by atoms with E-state index >= 15 is 0 Å². The lowest BCUT2D eigenvalue weighted by atomic mass is 10.1. The molecule has 0 unspecified atom stereocenters. The van der Waals surface area contributed by atoms with Gasteiger partial charge in [0, 0.05) is 6.54 Å². The van der Waals surface area contributed by atoms with Crippen molar-refractivity contribution < 1.29 is 14.3 Å². The molecular weight excluding hydrogens is 252 g/mol. The Labute approximate surface area is 110 Å². The number of carbonyl (C=O) groups is 2. The Morgan fingerprint density at radius 2 is 2.22 bits per heavy atom. The quantitative estimate of drug-likeness (QED) is 0.489. The molecule has 1 heterocycles. The van der Waals surface area contributed by atoms with Crippen molar-refractivity contribution in [2.24, 2.45) is 5.92 Å². The summed E-state index contributed by atoms with van der Waals surface area (Å²) in [5.74, 6) is -0.468. The number of amides is 1. The molecule has 1 aromatic rings. The fourth-order valence-electron chi connectivity index (χ4n) is 1.16. The number of rotatable bonds is 5. The van der Waals surface area contributed by atoms with Gasteiger partial charge in [0.05, 0.1) is 4.88 Å². The van der Waals surface area contributed by atoms with Crippen LogP contribution < -0.4 is 5.32 Å². The predicted octanol–water partition coefficient (Wildman–Crippen LogP) is 2.41. The predicted molar refractivity (Wildman–Crippen MR) is 70.1 cm³/mol. The Hall–Kier alpha value is -1.69. The summed E-state index contributed by atoms with van der Waals surface area (Å²) in [4.78, 5) is 23.2. The monoisotopic (exact) mass is 268 g/mol. The van der Waals surface area contributed by atoms with Crippen molar-refractivity contribution in [2.45, 2.75) is 20.3 Å². The van der Waals surface area contributed by atoms with Gasteiger partial charge in [-0.1, -0.05) is 19.9 Å². The van der Waals surface area contributed by atoms with Crippen molar-refractivity contribution in [3.63, 3.8) is 0 Å². The van der Waals surface area contributed by atoms with Crippen LogP contribution in [0.25, 0.3) is 0 Å². The van der Waals surface area contributed by atoms with Crippen LogP contribution in [0.2, 0.25) is 0 Å². The van der Waals surface area contributed by atoms with E-state index in [0.29, 0.717) is 17.3 Å². The maximum absolute atomic E-state index is 11.4. The van der Waals surface area contributed by atoms with Crippen molar-refractivity contribution in [2.75, 3.05) is 6.54 Å². The average Bonchev–Trinajstić information content (AvgIpc) is 2.80. The molecule has 1 aromatic heterocycles. The molecule has 0 spiro atoms. The van der Waals surface area contributed by atoms with Crippen LogP contribution in [-0.4, -0.2) is 24.3 Å². The van der Waals surface area contributed by atoms with Crippen LogP contribution in [-0.2, 0) is 9.53 Å². The SMILES string of the molecule is CC(C)CCNC(=O)OC(=O)C(=N)c1cccs1. The summed E-state index contributed by atoms with van der Waals surface area (Å²) in [6.07, 6.45) is 0.00743. The van der Waals surface area contributed by atoms with Crippen molar-refractivity contribution >= 4 is 29.1 Å². The number of carbonyl (C=O) groups excluding carboxylic acids is 2. The van der Waals surface area contributed by atoms with Crippen LogP contribution in [0, 0.1) is 11.3 Å². The molecule has 0 atom stereocenters. The Bertz CT molecular complexity index is 427. The minimum Gasteiger partial charge on any atom is -0.371 e. The normalized spacial score (nSPS) is 10.2. The number of hydrogen-bond acceptors (Lipinski definition) is 5. The Morgan fingerprint density at radius 1 is 1.50 bits per heavy atom. The molecule has 0 bridgehead atoms. The van der Waals surface area contributed by atoms with Gasteiger partial charge in [0.2, 0.25) is 0 Å². The third-order valence-electron chi connectivity index (χ3n) is 2.15. The zero-order valence-corrected chi connectivity index (χ0v) is 11.2. The molecule has 1 amide bonds. The lowest BCUT2D eigenvalue weighted by molar-refractivity contribution is -0.129. The number of ether oxygens (including phenoxy) is 1. The van der Waals surface area contributed by atoms with E-state index in [1.807, 2.05) is 13.8 Å². The molecule has 18 heavy (non-hydrogen) atoms. The minimum atomic E-state index is -0.931. The van der Waals surface area contributed by atoms with Crippen LogP contribution in [0.5, 0.6) is 0 Å². The topological polar surface area (TPSA) is 79.2 Å². The highest BCUT2D eigenvalue weighted by Gasteiger charge is 2.17. The fourth-order valence-corrected chi connectivity index (χ4v) is 1.82. The first-order valence-corrected chi connectivity index (χ1v) is 6.51. The second-order valence-electron chi connectivity index (χ2n) is 4.14. The molecule has 0 saturated heterocycles. The van der Waals surface area contributed by atoms with Crippen molar-refractivity contribution in [3.05, 3.63) is 22.4 Å². The molecule has 0 aliphatic carbocycles. The summed E-state index contributed by atoms with van der Waals surface area (Å²) >= 11 is 1.25. The Morgan fingerprint density at radius 3 is 2.78 bits per heavy atom. The van der Waals surface area contributed by atoms with Crippen LogP contribution in [0.3, 0.4) is 0 Å². The molecule has 0 aliphatic heterocycles. The molecular formula is C12H16N2O3S. The van der Waals surface area contributed by atoms with Gasteiger partial charge < -0.3 is 10.1 Å². The molecule has 2 N–H and O–H groups in total. The van der Waals surface area contributed by atoms with Crippen molar-refractivity contribution in [1.82, 2.24) is 5.32 Å². The Balaban J connectivity index is 2.36. The number of nitrogens with one attached hydrogen (secondary N) is 2. The second kappa shape index (κ2) is 6.90. The molecule has 0 aliphatic rings. The van der Waals surface area contributed by atoms with E-state index in [9.17, 15) is 9.59 Å². The van der Waals surface area contributed by atoms with Gasteiger partial charge in [-0.3, -0.25) is 5.41 Å². The van der Waals surface area contributed by atoms with Gasteiger partial charge in [-0.2, -0.15) is 0 Å². The van der Waals surface area contributed by atoms with E-state index < -0.39 is 12.1 Å². The lowest BCUT2D eigenvalue weighted by Gasteiger charge is -2.07. The van der Waals surface area contributed by atoms with E-state index in [4.69, 9.17) is 5.41 Å². The standard InChI is InChI=1S/C12H16N2O3S/c1-8(2)5-6-14-12(16)17-11(15)10(13)9-4-3-7-18-9/h3-4,7-8,13H,5-6H2,1-2H3,(H,14,16). The van der Waals surface area contributed by atoms with Gasteiger partial charge in [-0.05, 0) is 23.8 Å². The fraction of sp³-hybridized carbons (Fsp3) is 0.417. The van der Waals surface area contributed by atoms with Gasteiger partial charge >= 0.3 is 12.1 Å². The summed E-state index contributed by atoms with van der Waals surface area (Å²) in [6, 6.07) is 3.36. The third kappa shape index (κ3) is 4.67. The van der Waals surface area contributed by atoms with E-state index in [-0.39, 0.29) is 5.71 Å². The summed E-state index contributed by atoms with van der Waals surface area (Å²) in [6.45, 7) is 4.52. The highest BCUT2D eigenvalue weighted by molar-refractivity contribution is 7.13. The average molecular weight is 268 g/mol. The maximum Gasteiger partial charge on any atom is 0.415 e. The summed E-state index contributed by atoms with van der Waals surface area (Å²) in [7, 11) is 0. The van der Waals surface area contributed by atoms with Gasteiger partial charge in [0.1, 0.15) is 0 Å². The van der Waals surface area contributed by atoms with Gasteiger partial charge in [0.25, 0.3) is 0 Å². The van der Waals surface area contributed by atoms with Crippen LogP contribution in [0.1, 0.15) is 25.1 Å². The molecule has 5 nitrogen and oxygen atoms in total. The van der Waals surface area contributed by atoms with Crippen LogP contribution in [0.15, 0.2) is 17.5 Å². The van der Waals surface area contributed by atoms with Gasteiger partial charge in [0.15, 0.2) is 5.71 Å². The first kappa shape index (κ1) is 14.4. The molecule has 1 rings (SSSR count). The number of esters is 1. The highest BCUT2D eigenvalue weighted by Crippen LogP contribution is 2.09. The molecule has 0 aromatic carbocycles. The molecule has 0 saturated carbocycles. The molecule has 0 fully saturated rings. The summed E-state index contributed by atoms with van der Waals surface area (Å²) in [5.41, 5.74) is -0.302. The smallest absolute Gasteiger partial charge is 0.371 e. The van der Waals surface area contributed by atoms with Crippen molar-refractivity contribution in [3.8, 4) is 0 Å². The van der Waals surface area contributed by atoms with Crippen molar-refractivity contribution in [1.29, 1.82) is 5.41 Å². The number of thiophene rings is 1. The third-order valence-corrected chi connectivity index (χ3v) is 3.04. The minimum absolute atomic E-state index is 0.302. The first-order valence-electron chi connectivity index (χ1n) is 5.63. The van der Waals surface area contributed by atoms with Gasteiger partial charge in [-0.25, -0.2) is 9.59 Å². The zero-order chi connectivity index (χ0) is 13.5. The van der Waals surface area contributed by atoms with E-state index in [1.54, 1.807) is 17.5 Å². The molecule has 98 valence electrons. The highest BCUT2D eigenvalue weighted by atomic mass is 32.1. The molecule has 6 heteroatoms. The second-order valence-corrected chi connectivity index (χ2v) is 5.09. The number of hydrogen-bond donors (Lipinski definition) is 2.